The van der Waals surface area contributed by atoms with Gasteiger partial charge in [-0.25, -0.2) is 0 Å². The van der Waals surface area contributed by atoms with Crippen molar-refractivity contribution in [1.82, 2.24) is 4.90 Å². The topological polar surface area (TPSA) is 12.5 Å². The molecule has 1 saturated heterocycles. The second-order valence-corrected chi connectivity index (χ2v) is 6.11. The molecule has 124 valence electrons. The monoisotopic (exact) mass is 323 g/mol. The summed E-state index contributed by atoms with van der Waals surface area (Å²) in [6, 6.07) is 5.46. The van der Waals surface area contributed by atoms with E-state index in [0.717, 1.165) is 38.1 Å². The van der Waals surface area contributed by atoms with E-state index < -0.39 is 11.7 Å². The van der Waals surface area contributed by atoms with Gasteiger partial charge in [-0.15, -0.1) is 0 Å². The Morgan fingerprint density at radius 1 is 1.13 bits per heavy atom. The Labute approximate surface area is 134 Å². The fourth-order valence-electron chi connectivity index (χ4n) is 3.36. The normalized spacial score (nSPS) is 25.3. The Hall–Kier alpha value is -1.51. The number of alkyl halides is 3. The Balaban J connectivity index is 1.61. The largest absolute Gasteiger partial charge is 0.416 e. The summed E-state index contributed by atoms with van der Waals surface area (Å²) in [6.07, 6.45) is 0.750. The smallest absolute Gasteiger partial charge is 0.375 e. The molecule has 1 aromatic carbocycles. The van der Waals surface area contributed by atoms with Gasteiger partial charge >= 0.3 is 6.18 Å². The van der Waals surface area contributed by atoms with E-state index >= 15 is 0 Å². The van der Waals surface area contributed by atoms with Crippen LogP contribution in [0.5, 0.6) is 0 Å². The zero-order valence-electron chi connectivity index (χ0n) is 12.9. The summed E-state index contributed by atoms with van der Waals surface area (Å²) in [4.78, 5) is 2.35. The summed E-state index contributed by atoms with van der Waals surface area (Å²) in [5.74, 6) is 6.07. The van der Waals surface area contributed by atoms with Gasteiger partial charge in [-0.1, -0.05) is 24.7 Å². The number of rotatable bonds is 1. The van der Waals surface area contributed by atoms with Gasteiger partial charge in [0.25, 0.3) is 0 Å². The quantitative estimate of drug-likeness (QED) is 0.731. The van der Waals surface area contributed by atoms with Gasteiger partial charge in [0.1, 0.15) is 0 Å². The molecule has 0 spiro atoms. The maximum absolute atomic E-state index is 12.5. The summed E-state index contributed by atoms with van der Waals surface area (Å²) in [7, 11) is 0. The lowest BCUT2D eigenvalue weighted by Gasteiger charge is -2.43. The first-order valence-electron chi connectivity index (χ1n) is 8.06. The van der Waals surface area contributed by atoms with Crippen molar-refractivity contribution < 1.29 is 17.9 Å². The fourth-order valence-corrected chi connectivity index (χ4v) is 3.36. The van der Waals surface area contributed by atoms with Crippen LogP contribution in [0.25, 0.3) is 0 Å². The Bertz CT molecular complexity index is 583. The number of fused-ring (bicyclic) bond motifs is 1. The number of halogens is 3. The van der Waals surface area contributed by atoms with E-state index in [2.05, 4.69) is 16.7 Å². The zero-order valence-corrected chi connectivity index (χ0v) is 12.9. The van der Waals surface area contributed by atoms with E-state index in [-0.39, 0.29) is 0 Å². The van der Waals surface area contributed by atoms with Gasteiger partial charge in [-0.3, -0.25) is 4.90 Å². The summed E-state index contributed by atoms with van der Waals surface area (Å²) < 4.78 is 43.4. The predicted octanol–water partition coefficient (Wildman–Crippen LogP) is 3.70. The van der Waals surface area contributed by atoms with Crippen LogP contribution in [0.2, 0.25) is 0 Å². The highest BCUT2D eigenvalue weighted by Gasteiger charge is 2.33. The summed E-state index contributed by atoms with van der Waals surface area (Å²) >= 11 is 0. The molecule has 1 saturated carbocycles. The SMILES string of the molecule is FC(F)(F)c1ccc(C#CCN2CCO[C@H]3CCCC[C@H]32)cc1. The summed E-state index contributed by atoms with van der Waals surface area (Å²) in [6.45, 7) is 2.26. The van der Waals surface area contributed by atoms with Crippen molar-refractivity contribution >= 4 is 0 Å². The third-order valence-corrected chi connectivity index (χ3v) is 4.57. The summed E-state index contributed by atoms with van der Waals surface area (Å²) in [5, 5.41) is 0. The second-order valence-electron chi connectivity index (χ2n) is 6.11. The fraction of sp³-hybridized carbons (Fsp3) is 0.556. The van der Waals surface area contributed by atoms with Gasteiger partial charge < -0.3 is 4.74 Å². The number of nitrogens with zero attached hydrogens (tertiary/aromatic N) is 1. The molecule has 0 radical (unpaired) electrons. The molecule has 0 bridgehead atoms. The van der Waals surface area contributed by atoms with E-state index in [1.807, 2.05) is 0 Å². The van der Waals surface area contributed by atoms with Gasteiger partial charge in [-0.2, -0.15) is 13.2 Å². The lowest BCUT2D eigenvalue weighted by Crippen LogP contribution is -2.52. The Morgan fingerprint density at radius 2 is 1.87 bits per heavy atom. The van der Waals surface area contributed by atoms with Crippen LogP contribution in [-0.2, 0) is 10.9 Å². The van der Waals surface area contributed by atoms with Crippen LogP contribution < -0.4 is 0 Å². The van der Waals surface area contributed by atoms with Crippen LogP contribution in [0.15, 0.2) is 24.3 Å². The molecule has 2 aliphatic rings. The van der Waals surface area contributed by atoms with Crippen LogP contribution in [0.3, 0.4) is 0 Å². The number of ether oxygens (including phenoxy) is 1. The number of benzene rings is 1. The molecular weight excluding hydrogens is 303 g/mol. The van der Waals surface area contributed by atoms with E-state index in [9.17, 15) is 13.2 Å². The molecule has 2 fully saturated rings. The van der Waals surface area contributed by atoms with E-state index in [4.69, 9.17) is 4.74 Å². The van der Waals surface area contributed by atoms with E-state index in [0.29, 0.717) is 24.3 Å². The molecule has 0 amide bonds. The molecule has 1 aliphatic heterocycles. The third kappa shape index (κ3) is 4.07. The number of hydrogen-bond donors (Lipinski definition) is 0. The molecule has 1 heterocycles. The van der Waals surface area contributed by atoms with Crippen molar-refractivity contribution in [3.8, 4) is 11.8 Å². The summed E-state index contributed by atoms with van der Waals surface area (Å²) in [5.41, 5.74) is -0.0206. The average Bonchev–Trinajstić information content (AvgIpc) is 2.55. The minimum absolute atomic E-state index is 0.324. The third-order valence-electron chi connectivity index (χ3n) is 4.57. The highest BCUT2D eigenvalue weighted by Crippen LogP contribution is 2.29. The van der Waals surface area contributed by atoms with Gasteiger partial charge in [-0.05, 0) is 37.1 Å². The number of morpholine rings is 1. The molecule has 3 rings (SSSR count). The highest BCUT2D eigenvalue weighted by atomic mass is 19.4. The maximum atomic E-state index is 12.5. The Morgan fingerprint density at radius 3 is 2.61 bits per heavy atom. The van der Waals surface area contributed by atoms with Gasteiger partial charge in [0.2, 0.25) is 0 Å². The van der Waals surface area contributed by atoms with Crippen molar-refractivity contribution in [2.75, 3.05) is 19.7 Å². The number of hydrogen-bond acceptors (Lipinski definition) is 2. The molecule has 2 nitrogen and oxygen atoms in total. The van der Waals surface area contributed by atoms with Crippen molar-refractivity contribution in [1.29, 1.82) is 0 Å². The maximum Gasteiger partial charge on any atom is 0.416 e. The standard InChI is InChI=1S/C18H20F3NO/c19-18(20,21)15-9-7-14(8-10-15)4-3-11-22-12-13-23-17-6-2-1-5-16(17)22/h7-10,16-17H,1-2,5-6,11-13H2/t16-,17+/m1/s1. The van der Waals surface area contributed by atoms with Crippen molar-refractivity contribution in [2.24, 2.45) is 0 Å². The average molecular weight is 323 g/mol. The first kappa shape index (κ1) is 16.4. The van der Waals surface area contributed by atoms with Crippen LogP contribution >= 0.6 is 0 Å². The van der Waals surface area contributed by atoms with Gasteiger partial charge in [0.15, 0.2) is 0 Å². The minimum Gasteiger partial charge on any atom is -0.375 e. The molecule has 0 aromatic heterocycles. The van der Waals surface area contributed by atoms with Crippen LogP contribution in [0.4, 0.5) is 13.2 Å². The van der Waals surface area contributed by atoms with Crippen LogP contribution in [-0.4, -0.2) is 36.7 Å². The first-order chi connectivity index (χ1) is 11.0. The molecule has 1 aliphatic carbocycles. The minimum atomic E-state index is -4.30. The van der Waals surface area contributed by atoms with Crippen molar-refractivity contribution in [3.63, 3.8) is 0 Å². The first-order valence-corrected chi connectivity index (χ1v) is 8.06. The second kappa shape index (κ2) is 6.94. The van der Waals surface area contributed by atoms with Gasteiger partial charge in [0.05, 0.1) is 24.8 Å². The predicted molar refractivity (Wildman–Crippen MR) is 81.9 cm³/mol. The molecule has 1 aromatic rings. The van der Waals surface area contributed by atoms with E-state index in [1.165, 1.54) is 25.0 Å². The van der Waals surface area contributed by atoms with Gasteiger partial charge in [0, 0.05) is 18.2 Å². The van der Waals surface area contributed by atoms with Crippen molar-refractivity contribution in [3.05, 3.63) is 35.4 Å². The van der Waals surface area contributed by atoms with Crippen LogP contribution in [0, 0.1) is 11.8 Å². The molecule has 23 heavy (non-hydrogen) atoms. The van der Waals surface area contributed by atoms with E-state index in [1.54, 1.807) is 0 Å². The molecule has 0 unspecified atom stereocenters. The van der Waals surface area contributed by atoms with Crippen molar-refractivity contribution in [2.45, 2.75) is 44.0 Å². The molecule has 2 atom stereocenters. The molecular formula is C18H20F3NO. The zero-order chi connectivity index (χ0) is 16.3. The Kier molecular flexibility index (Phi) is 4.93. The molecule has 0 N–H and O–H groups in total. The lowest BCUT2D eigenvalue weighted by molar-refractivity contribution is -0.137. The highest BCUT2D eigenvalue weighted by molar-refractivity contribution is 5.37. The lowest BCUT2D eigenvalue weighted by atomic mass is 9.90. The molecule has 5 heteroatoms. The van der Waals surface area contributed by atoms with Crippen LogP contribution in [0.1, 0.15) is 36.8 Å².